The Morgan fingerprint density at radius 3 is 0.588 bits per heavy atom. The van der Waals surface area contributed by atoms with Gasteiger partial charge in [-0.25, -0.2) is 0 Å². The second kappa shape index (κ2) is 11.3. The van der Waals surface area contributed by atoms with E-state index in [4.69, 9.17) is 0 Å². The van der Waals surface area contributed by atoms with Crippen molar-refractivity contribution < 1.29 is 8.97 Å². The van der Waals surface area contributed by atoms with Gasteiger partial charge in [0, 0.05) is 0 Å². The molecule has 0 heterocycles. The molecule has 0 aromatic carbocycles. The number of hydrogen-bond acceptors (Lipinski definition) is 0. The first-order chi connectivity index (χ1) is 7.36. The van der Waals surface area contributed by atoms with Crippen molar-refractivity contribution >= 4 is 12.4 Å². The predicted molar refractivity (Wildman–Crippen MR) is 82.9 cm³/mol. The van der Waals surface area contributed by atoms with E-state index in [0.717, 1.165) is 0 Å². The monoisotopic (exact) mass is 268 g/mol. The highest BCUT2D eigenvalue weighted by molar-refractivity contribution is 5.85. The fourth-order valence-corrected chi connectivity index (χ4v) is 1.34. The Hall–Kier alpha value is 0.210. The second-order valence-electron chi connectivity index (χ2n) is 5.14. The lowest BCUT2D eigenvalue weighted by Crippen LogP contribution is -2.42. The van der Waals surface area contributed by atoms with Gasteiger partial charge in [0.15, 0.2) is 0 Å². The van der Waals surface area contributed by atoms with Crippen molar-refractivity contribution in [3.63, 3.8) is 0 Å². The highest BCUT2D eigenvalue weighted by atomic mass is 35.5. The molecule has 0 aromatic rings. The van der Waals surface area contributed by atoms with Gasteiger partial charge < -0.3 is 8.97 Å². The minimum Gasteiger partial charge on any atom is -0.327 e. The third-order valence-electron chi connectivity index (χ3n) is 4.58. The number of rotatable bonds is 6. The molecule has 0 aliphatic carbocycles. The lowest BCUT2D eigenvalue weighted by Gasteiger charge is -2.30. The van der Waals surface area contributed by atoms with Crippen molar-refractivity contribution in [3.05, 3.63) is 0 Å². The van der Waals surface area contributed by atoms with Crippen LogP contribution in [0.4, 0.5) is 0 Å². The Morgan fingerprint density at radius 2 is 0.588 bits per heavy atom. The molecule has 0 N–H and O–H groups in total. The molecule has 2 nitrogen and oxygen atoms in total. The summed E-state index contributed by atoms with van der Waals surface area (Å²) in [5, 5.41) is 0. The molecule has 0 aliphatic rings. The van der Waals surface area contributed by atoms with Crippen LogP contribution in [0, 0.1) is 0 Å². The summed E-state index contributed by atoms with van der Waals surface area (Å²) in [5.74, 6) is 0. The van der Waals surface area contributed by atoms with Crippen molar-refractivity contribution in [2.75, 3.05) is 53.4 Å². The van der Waals surface area contributed by atoms with Crippen molar-refractivity contribution in [1.29, 1.82) is 0 Å². The number of nitrogens with zero attached hydrogens (tertiary/aromatic N) is 2. The van der Waals surface area contributed by atoms with E-state index in [1.165, 1.54) is 48.2 Å². The summed E-state index contributed by atoms with van der Waals surface area (Å²) in [6, 6.07) is 0. The molecule has 0 spiro atoms. The summed E-state index contributed by atoms with van der Waals surface area (Å²) < 4.78 is 2.42. The zero-order valence-corrected chi connectivity index (χ0v) is 14.4. The Kier molecular flexibility index (Phi) is 14.9. The van der Waals surface area contributed by atoms with Gasteiger partial charge in [0.1, 0.15) is 0 Å². The molecule has 0 fully saturated rings. The van der Waals surface area contributed by atoms with Gasteiger partial charge in [-0.1, -0.05) is 0 Å². The van der Waals surface area contributed by atoms with Crippen LogP contribution in [-0.4, -0.2) is 62.3 Å². The lowest BCUT2D eigenvalue weighted by molar-refractivity contribution is -0.904. The molecule has 108 valence electrons. The first-order valence-corrected chi connectivity index (χ1v) is 7.03. The smallest absolute Gasteiger partial charge is 0.0755 e. The van der Waals surface area contributed by atoms with Crippen LogP contribution in [0.2, 0.25) is 0 Å². The first-order valence-electron chi connectivity index (χ1n) is 7.03. The highest BCUT2D eigenvalue weighted by Gasteiger charge is 2.11. The van der Waals surface area contributed by atoms with E-state index in [2.05, 4.69) is 55.6 Å². The molecule has 0 rings (SSSR count). The molecule has 3 heteroatoms. The third kappa shape index (κ3) is 9.87. The van der Waals surface area contributed by atoms with Gasteiger partial charge >= 0.3 is 0 Å². The average molecular weight is 269 g/mol. The fourth-order valence-electron chi connectivity index (χ4n) is 1.34. The van der Waals surface area contributed by atoms with Crippen LogP contribution < -0.4 is 0 Å². The third-order valence-corrected chi connectivity index (χ3v) is 4.58. The molecule has 0 aromatic heterocycles. The average Bonchev–Trinajstić information content (AvgIpc) is 2.37. The number of quaternary nitrogens is 2. The molecule has 0 atom stereocenters. The number of hydrogen-bond donors (Lipinski definition) is 0. The van der Waals surface area contributed by atoms with Gasteiger partial charge in [-0.15, -0.1) is 12.4 Å². The molecule has 17 heavy (non-hydrogen) atoms. The summed E-state index contributed by atoms with van der Waals surface area (Å²) in [5.41, 5.74) is 0. The topological polar surface area (TPSA) is 0 Å². The quantitative estimate of drug-likeness (QED) is 0.648. The van der Waals surface area contributed by atoms with Crippen LogP contribution in [-0.2, 0) is 0 Å². The van der Waals surface area contributed by atoms with Gasteiger partial charge in [0.2, 0.25) is 0 Å². The van der Waals surface area contributed by atoms with Crippen LogP contribution >= 0.6 is 12.4 Å². The summed E-state index contributed by atoms with van der Waals surface area (Å²) in [6.45, 7) is 21.0. The maximum Gasteiger partial charge on any atom is 0.0755 e. The fraction of sp³-hybridized carbons (Fsp3) is 1.00. The molecule has 0 saturated heterocycles. The van der Waals surface area contributed by atoms with Crippen molar-refractivity contribution in [2.45, 2.75) is 41.5 Å². The molecule has 0 saturated carbocycles. The Labute approximate surface area is 117 Å². The second-order valence-corrected chi connectivity index (χ2v) is 5.14. The predicted octanol–water partition coefficient (Wildman–Crippen LogP) is 3.41. The minimum absolute atomic E-state index is 0. The SMILES string of the molecule is CC[N+](C)(CC)CC.CC[N+](C)(CC)CC.Cl. The normalized spacial score (nSPS) is 11.3. The number of halogens is 1. The summed E-state index contributed by atoms with van der Waals surface area (Å²) >= 11 is 0. The zero-order valence-electron chi connectivity index (χ0n) is 13.5. The Bertz CT molecular complexity index is 118. The van der Waals surface area contributed by atoms with E-state index in [1.54, 1.807) is 0 Å². The van der Waals surface area contributed by atoms with Gasteiger partial charge in [-0.3, -0.25) is 0 Å². The summed E-state index contributed by atoms with van der Waals surface area (Å²) in [7, 11) is 4.58. The standard InChI is InChI=1S/2C7H18N.ClH/c2*1-5-8(4,6-2)7-3;/h2*5-7H2,1-4H3;1H/q2*+1;. The Morgan fingerprint density at radius 1 is 0.471 bits per heavy atom. The molecule has 0 radical (unpaired) electrons. The van der Waals surface area contributed by atoms with Crippen LogP contribution in [0.25, 0.3) is 0 Å². The van der Waals surface area contributed by atoms with Gasteiger partial charge in [-0.2, -0.15) is 0 Å². The molecule has 0 bridgehead atoms. The van der Waals surface area contributed by atoms with E-state index in [0.29, 0.717) is 0 Å². The van der Waals surface area contributed by atoms with E-state index in [-0.39, 0.29) is 12.4 Å². The molecular weight excluding hydrogens is 232 g/mol. The Balaban J connectivity index is -0.000000218. The van der Waals surface area contributed by atoms with E-state index >= 15 is 0 Å². The van der Waals surface area contributed by atoms with Crippen molar-refractivity contribution in [3.8, 4) is 0 Å². The van der Waals surface area contributed by atoms with E-state index in [9.17, 15) is 0 Å². The van der Waals surface area contributed by atoms with Crippen LogP contribution in [0.3, 0.4) is 0 Å². The summed E-state index contributed by atoms with van der Waals surface area (Å²) in [6.07, 6.45) is 0. The van der Waals surface area contributed by atoms with Crippen LogP contribution in [0.15, 0.2) is 0 Å². The maximum atomic E-state index is 2.29. The molecule has 0 aliphatic heterocycles. The maximum absolute atomic E-state index is 2.29. The van der Waals surface area contributed by atoms with Crippen molar-refractivity contribution in [2.24, 2.45) is 0 Å². The van der Waals surface area contributed by atoms with Crippen molar-refractivity contribution in [1.82, 2.24) is 0 Å². The minimum atomic E-state index is 0. The molecule has 0 amide bonds. The lowest BCUT2D eigenvalue weighted by atomic mass is 10.4. The van der Waals surface area contributed by atoms with Gasteiger partial charge in [-0.05, 0) is 41.5 Å². The van der Waals surface area contributed by atoms with E-state index < -0.39 is 0 Å². The van der Waals surface area contributed by atoms with Crippen LogP contribution in [0.1, 0.15) is 41.5 Å². The highest BCUT2D eigenvalue weighted by Crippen LogP contribution is 1.98. The van der Waals surface area contributed by atoms with E-state index in [1.807, 2.05) is 0 Å². The van der Waals surface area contributed by atoms with Crippen LogP contribution in [0.5, 0.6) is 0 Å². The first kappa shape index (κ1) is 22.4. The zero-order chi connectivity index (χ0) is 13.2. The van der Waals surface area contributed by atoms with Gasteiger partial charge in [0.25, 0.3) is 0 Å². The largest absolute Gasteiger partial charge is 0.327 e. The molecular formula is C14H37ClN2+2. The molecule has 0 unspecified atom stereocenters. The van der Waals surface area contributed by atoms with Gasteiger partial charge in [0.05, 0.1) is 53.4 Å². The summed E-state index contributed by atoms with van der Waals surface area (Å²) in [4.78, 5) is 0.